The predicted molar refractivity (Wildman–Crippen MR) is 119 cm³/mol. The summed E-state index contributed by atoms with van der Waals surface area (Å²) >= 11 is 0. The number of nitrogens with zero attached hydrogens (tertiary/aromatic N) is 1. The smallest absolute Gasteiger partial charge is 0.329 e. The second-order valence-electron chi connectivity index (χ2n) is 10.6. The predicted octanol–water partition coefficient (Wildman–Crippen LogP) is 3.44. The fraction of sp³-hybridized carbons (Fsp3) is 0.654. The summed E-state index contributed by atoms with van der Waals surface area (Å²) in [7, 11) is 0. The highest BCUT2D eigenvalue weighted by Gasteiger charge is 2.57. The van der Waals surface area contributed by atoms with Crippen molar-refractivity contribution in [2.75, 3.05) is 6.54 Å². The number of rotatable bonds is 6. The molecule has 1 aliphatic heterocycles. The molecule has 5 aliphatic rings. The maximum atomic E-state index is 13.7. The minimum Gasteiger partial charge on any atom is -0.451 e. The maximum absolute atomic E-state index is 13.7. The number of hydrogen-bond donors (Lipinski definition) is 1. The molecular formula is C26H34N2O4. The van der Waals surface area contributed by atoms with Gasteiger partial charge in [0.2, 0.25) is 5.91 Å². The molecule has 1 heterocycles. The van der Waals surface area contributed by atoms with Gasteiger partial charge in [-0.15, -0.1) is 0 Å². The van der Waals surface area contributed by atoms with E-state index in [1.54, 1.807) is 11.8 Å². The van der Waals surface area contributed by atoms with Crippen LogP contribution in [0.25, 0.3) is 0 Å². The molecule has 1 N–H and O–H groups in total. The van der Waals surface area contributed by atoms with Crippen LogP contribution in [0, 0.1) is 23.2 Å². The van der Waals surface area contributed by atoms with E-state index in [0.29, 0.717) is 37.3 Å². The number of carbonyl (C=O) groups excluding carboxylic acids is 3. The van der Waals surface area contributed by atoms with Crippen LogP contribution in [0.4, 0.5) is 0 Å². The first-order valence-electron chi connectivity index (χ1n) is 12.3. The van der Waals surface area contributed by atoms with Crippen molar-refractivity contribution in [3.8, 4) is 0 Å². The van der Waals surface area contributed by atoms with E-state index < -0.39 is 18.1 Å². The standard InChI is InChI=1S/C26H34N2O4/c1-17(23(29)27-16-18-6-3-2-4-7-18)32-24(30)22-8-5-9-28(22)25(31)26-13-19-10-20(14-26)12-21(11-19)15-26/h2-4,6-7,17,19-22H,5,8-16H2,1H3,(H,27,29). The van der Waals surface area contributed by atoms with E-state index in [0.717, 1.165) is 31.2 Å². The molecular weight excluding hydrogens is 404 g/mol. The molecule has 1 aromatic carbocycles. The van der Waals surface area contributed by atoms with Crippen molar-refractivity contribution in [3.05, 3.63) is 35.9 Å². The van der Waals surface area contributed by atoms with Crippen molar-refractivity contribution in [2.24, 2.45) is 23.2 Å². The third kappa shape index (κ3) is 4.04. The molecule has 5 fully saturated rings. The van der Waals surface area contributed by atoms with Gasteiger partial charge in [0.1, 0.15) is 6.04 Å². The molecule has 172 valence electrons. The van der Waals surface area contributed by atoms with Crippen molar-refractivity contribution < 1.29 is 19.1 Å². The van der Waals surface area contributed by atoms with E-state index in [4.69, 9.17) is 4.74 Å². The first-order valence-corrected chi connectivity index (χ1v) is 12.3. The topological polar surface area (TPSA) is 75.7 Å². The molecule has 0 aromatic heterocycles. The summed E-state index contributed by atoms with van der Waals surface area (Å²) < 4.78 is 5.54. The lowest BCUT2D eigenvalue weighted by Gasteiger charge is -2.56. The molecule has 4 saturated carbocycles. The molecule has 6 heteroatoms. The summed E-state index contributed by atoms with van der Waals surface area (Å²) in [5.74, 6) is 1.48. The lowest BCUT2D eigenvalue weighted by molar-refractivity contribution is -0.168. The zero-order valence-electron chi connectivity index (χ0n) is 18.9. The summed E-state index contributed by atoms with van der Waals surface area (Å²) in [5, 5.41) is 2.82. The van der Waals surface area contributed by atoms with Gasteiger partial charge < -0.3 is 15.0 Å². The molecule has 2 amide bonds. The minimum atomic E-state index is -0.886. The fourth-order valence-corrected chi connectivity index (χ4v) is 7.17. The number of ether oxygens (including phenoxy) is 1. The summed E-state index contributed by atoms with van der Waals surface area (Å²) in [6.45, 7) is 2.61. The van der Waals surface area contributed by atoms with Gasteiger partial charge >= 0.3 is 5.97 Å². The van der Waals surface area contributed by atoms with Crippen LogP contribution < -0.4 is 5.32 Å². The molecule has 1 saturated heterocycles. The quantitative estimate of drug-likeness (QED) is 0.691. The minimum absolute atomic E-state index is 0.178. The number of hydrogen-bond acceptors (Lipinski definition) is 4. The lowest BCUT2D eigenvalue weighted by Crippen LogP contribution is -2.56. The third-order valence-electron chi connectivity index (χ3n) is 8.25. The van der Waals surface area contributed by atoms with Gasteiger partial charge in [-0.1, -0.05) is 30.3 Å². The van der Waals surface area contributed by atoms with E-state index in [1.807, 2.05) is 30.3 Å². The van der Waals surface area contributed by atoms with E-state index in [1.165, 1.54) is 19.3 Å². The van der Waals surface area contributed by atoms with Gasteiger partial charge in [-0.3, -0.25) is 9.59 Å². The third-order valence-corrected chi connectivity index (χ3v) is 8.25. The normalized spacial score (nSPS) is 33.7. The Morgan fingerprint density at radius 1 is 1.06 bits per heavy atom. The molecule has 32 heavy (non-hydrogen) atoms. The zero-order valence-corrected chi connectivity index (χ0v) is 18.9. The van der Waals surface area contributed by atoms with Crippen LogP contribution in [-0.2, 0) is 25.7 Å². The molecule has 2 unspecified atom stereocenters. The van der Waals surface area contributed by atoms with Crippen LogP contribution in [0.5, 0.6) is 0 Å². The fourth-order valence-electron chi connectivity index (χ4n) is 7.17. The van der Waals surface area contributed by atoms with Crippen LogP contribution in [0.3, 0.4) is 0 Å². The number of carbonyl (C=O) groups is 3. The first kappa shape index (κ1) is 21.5. The van der Waals surface area contributed by atoms with Gasteiger partial charge in [0.05, 0.1) is 5.41 Å². The second-order valence-corrected chi connectivity index (χ2v) is 10.6. The van der Waals surface area contributed by atoms with Gasteiger partial charge in [0.15, 0.2) is 6.10 Å². The van der Waals surface area contributed by atoms with Crippen molar-refractivity contribution >= 4 is 17.8 Å². The average Bonchev–Trinajstić information content (AvgIpc) is 3.26. The number of benzene rings is 1. The molecule has 0 spiro atoms. The molecule has 1 aromatic rings. The van der Waals surface area contributed by atoms with E-state index in [-0.39, 0.29) is 17.2 Å². The average molecular weight is 439 g/mol. The van der Waals surface area contributed by atoms with Crippen molar-refractivity contribution in [1.82, 2.24) is 10.2 Å². The van der Waals surface area contributed by atoms with Gasteiger partial charge in [-0.2, -0.15) is 0 Å². The summed E-state index contributed by atoms with van der Waals surface area (Å²) in [5.41, 5.74) is 0.735. The van der Waals surface area contributed by atoms with Crippen LogP contribution in [0.15, 0.2) is 30.3 Å². The van der Waals surface area contributed by atoms with Gasteiger partial charge in [0, 0.05) is 13.1 Å². The Labute approximate surface area is 190 Å². The molecule has 0 radical (unpaired) electrons. The Kier molecular flexibility index (Phi) is 5.72. The monoisotopic (exact) mass is 438 g/mol. The number of nitrogens with one attached hydrogen (secondary N) is 1. The Balaban J connectivity index is 1.19. The van der Waals surface area contributed by atoms with Gasteiger partial charge in [0.25, 0.3) is 5.91 Å². The Hall–Kier alpha value is -2.37. The number of amides is 2. The largest absolute Gasteiger partial charge is 0.451 e. The Morgan fingerprint density at radius 3 is 2.31 bits per heavy atom. The van der Waals surface area contributed by atoms with E-state index in [9.17, 15) is 14.4 Å². The number of esters is 1. The van der Waals surface area contributed by atoms with Crippen molar-refractivity contribution in [3.63, 3.8) is 0 Å². The first-order chi connectivity index (χ1) is 15.4. The SMILES string of the molecule is CC(OC(=O)C1CCCN1C(=O)C12CC3CC(CC(C3)C1)C2)C(=O)NCc1ccccc1. The van der Waals surface area contributed by atoms with Gasteiger partial charge in [-0.05, 0) is 81.6 Å². The van der Waals surface area contributed by atoms with Crippen LogP contribution in [0.1, 0.15) is 63.9 Å². The van der Waals surface area contributed by atoms with E-state index in [2.05, 4.69) is 5.32 Å². The van der Waals surface area contributed by atoms with Crippen LogP contribution >= 0.6 is 0 Å². The summed E-state index contributed by atoms with van der Waals surface area (Å²) in [6, 6.07) is 9.07. The Morgan fingerprint density at radius 2 is 1.69 bits per heavy atom. The molecule has 4 bridgehead atoms. The Bertz CT molecular complexity index is 848. The van der Waals surface area contributed by atoms with Crippen molar-refractivity contribution in [2.45, 2.75) is 77.0 Å². The molecule has 6 rings (SSSR count). The number of likely N-dealkylation sites (tertiary alicyclic amines) is 1. The highest BCUT2D eigenvalue weighted by atomic mass is 16.5. The summed E-state index contributed by atoms with van der Waals surface area (Å²) in [4.78, 5) is 41.0. The highest BCUT2D eigenvalue weighted by Crippen LogP contribution is 2.60. The highest BCUT2D eigenvalue weighted by molar-refractivity contribution is 5.90. The van der Waals surface area contributed by atoms with Gasteiger partial charge in [-0.25, -0.2) is 4.79 Å². The van der Waals surface area contributed by atoms with Crippen molar-refractivity contribution in [1.29, 1.82) is 0 Å². The molecule has 2 atom stereocenters. The van der Waals surface area contributed by atoms with E-state index >= 15 is 0 Å². The lowest BCUT2D eigenvalue weighted by atomic mass is 9.49. The molecule has 4 aliphatic carbocycles. The summed E-state index contributed by atoms with van der Waals surface area (Å²) in [6.07, 6.45) is 7.39. The van der Waals surface area contributed by atoms with Crippen LogP contribution in [-0.4, -0.2) is 41.4 Å². The second kappa shape index (κ2) is 8.53. The van der Waals surface area contributed by atoms with Crippen LogP contribution in [0.2, 0.25) is 0 Å². The maximum Gasteiger partial charge on any atom is 0.329 e. The molecule has 6 nitrogen and oxygen atoms in total. The zero-order chi connectivity index (χ0) is 22.3.